The molecule has 1 aromatic heterocycles. The van der Waals surface area contributed by atoms with Crippen LogP contribution in [0.25, 0.3) is 11.3 Å². The molecule has 0 bridgehead atoms. The second kappa shape index (κ2) is 4.84. The molecule has 17 heavy (non-hydrogen) atoms. The average molecular weight is 247 g/mol. The number of benzene rings is 1. The summed E-state index contributed by atoms with van der Waals surface area (Å²) in [7, 11) is 0. The van der Waals surface area contributed by atoms with Crippen LogP contribution >= 0.6 is 11.6 Å². The number of nitrogens with zero attached hydrogens (tertiary/aromatic N) is 2. The molecule has 3 heteroatoms. The van der Waals surface area contributed by atoms with Crippen molar-refractivity contribution >= 4 is 11.6 Å². The number of hydrogen-bond donors (Lipinski definition) is 0. The Morgan fingerprint density at radius 1 is 1.00 bits per heavy atom. The van der Waals surface area contributed by atoms with Gasteiger partial charge in [-0.25, -0.2) is 9.97 Å². The molecule has 0 aliphatic heterocycles. The van der Waals surface area contributed by atoms with Crippen molar-refractivity contribution in [1.82, 2.24) is 9.97 Å². The van der Waals surface area contributed by atoms with Crippen LogP contribution < -0.4 is 0 Å². The maximum atomic E-state index is 6.01. The zero-order valence-electron chi connectivity index (χ0n) is 10.3. The van der Waals surface area contributed by atoms with E-state index in [1.807, 2.05) is 13.0 Å². The Kier molecular flexibility index (Phi) is 3.43. The van der Waals surface area contributed by atoms with Gasteiger partial charge in [0.15, 0.2) is 0 Å². The highest BCUT2D eigenvalue weighted by atomic mass is 35.5. The van der Waals surface area contributed by atoms with Crippen LogP contribution in [-0.2, 0) is 6.42 Å². The van der Waals surface area contributed by atoms with E-state index in [0.717, 1.165) is 23.5 Å². The summed E-state index contributed by atoms with van der Waals surface area (Å²) >= 11 is 6.01. The minimum Gasteiger partial charge on any atom is -0.233 e. The molecule has 1 aromatic carbocycles. The summed E-state index contributed by atoms with van der Waals surface area (Å²) in [6.45, 7) is 6.19. The third-order valence-corrected chi connectivity index (χ3v) is 2.77. The van der Waals surface area contributed by atoms with E-state index < -0.39 is 0 Å². The largest absolute Gasteiger partial charge is 0.233 e. The first-order valence-electron chi connectivity index (χ1n) is 5.70. The van der Waals surface area contributed by atoms with Crippen molar-refractivity contribution in [3.63, 3.8) is 0 Å². The van der Waals surface area contributed by atoms with Crippen molar-refractivity contribution in [2.75, 3.05) is 0 Å². The van der Waals surface area contributed by atoms with Crippen LogP contribution in [0.5, 0.6) is 0 Å². The molecule has 2 aromatic rings. The van der Waals surface area contributed by atoms with Crippen LogP contribution in [0.15, 0.2) is 24.3 Å². The van der Waals surface area contributed by atoms with Gasteiger partial charge in [-0.1, -0.05) is 35.7 Å². The van der Waals surface area contributed by atoms with E-state index in [-0.39, 0.29) is 0 Å². The molecule has 88 valence electrons. The van der Waals surface area contributed by atoms with E-state index in [9.17, 15) is 0 Å². The van der Waals surface area contributed by atoms with Gasteiger partial charge in [0, 0.05) is 18.1 Å². The molecule has 0 saturated heterocycles. The molecule has 0 saturated carbocycles. The Labute approximate surface area is 107 Å². The Balaban J connectivity index is 2.55. The van der Waals surface area contributed by atoms with Crippen molar-refractivity contribution in [2.24, 2.45) is 0 Å². The van der Waals surface area contributed by atoms with Gasteiger partial charge in [-0.3, -0.25) is 0 Å². The summed E-state index contributed by atoms with van der Waals surface area (Å²) in [5.41, 5.74) is 4.45. The van der Waals surface area contributed by atoms with Crippen molar-refractivity contribution in [1.29, 1.82) is 0 Å². The zero-order chi connectivity index (χ0) is 12.4. The zero-order valence-corrected chi connectivity index (χ0v) is 11.0. The van der Waals surface area contributed by atoms with Crippen LogP contribution in [0.1, 0.15) is 23.9 Å². The van der Waals surface area contributed by atoms with Gasteiger partial charge in [0.05, 0.1) is 5.69 Å². The maximum Gasteiger partial charge on any atom is 0.133 e. The van der Waals surface area contributed by atoms with E-state index in [1.54, 1.807) is 0 Å². The molecule has 0 spiro atoms. The number of halogens is 1. The normalized spacial score (nSPS) is 10.6. The summed E-state index contributed by atoms with van der Waals surface area (Å²) < 4.78 is 0. The van der Waals surface area contributed by atoms with Gasteiger partial charge in [-0.15, -0.1) is 0 Å². The average Bonchev–Trinajstić information content (AvgIpc) is 2.26. The van der Waals surface area contributed by atoms with Gasteiger partial charge in [0.2, 0.25) is 0 Å². The van der Waals surface area contributed by atoms with Crippen LogP contribution in [0, 0.1) is 13.8 Å². The van der Waals surface area contributed by atoms with Gasteiger partial charge < -0.3 is 0 Å². The predicted molar refractivity (Wildman–Crippen MR) is 71.3 cm³/mol. The number of rotatable bonds is 2. The number of aryl methyl sites for hydroxylation is 3. The lowest BCUT2D eigenvalue weighted by Gasteiger charge is -2.06. The summed E-state index contributed by atoms with van der Waals surface area (Å²) in [6, 6.07) is 8.19. The number of hydrogen-bond acceptors (Lipinski definition) is 2. The molecular weight excluding hydrogens is 232 g/mol. The minimum absolute atomic E-state index is 0.506. The van der Waals surface area contributed by atoms with Gasteiger partial charge in [0.1, 0.15) is 11.0 Å². The van der Waals surface area contributed by atoms with Gasteiger partial charge >= 0.3 is 0 Å². The lowest BCUT2D eigenvalue weighted by molar-refractivity contribution is 0.943. The predicted octanol–water partition coefficient (Wildman–Crippen LogP) is 3.98. The van der Waals surface area contributed by atoms with E-state index >= 15 is 0 Å². The van der Waals surface area contributed by atoms with Gasteiger partial charge in [-0.2, -0.15) is 0 Å². The molecule has 0 fully saturated rings. The molecular formula is C14H15ClN2. The molecule has 0 aliphatic carbocycles. The molecule has 0 radical (unpaired) electrons. The number of aromatic nitrogens is 2. The fraction of sp³-hybridized carbons (Fsp3) is 0.286. The molecule has 0 aliphatic rings. The molecule has 0 unspecified atom stereocenters. The van der Waals surface area contributed by atoms with Crippen molar-refractivity contribution < 1.29 is 0 Å². The summed E-state index contributed by atoms with van der Waals surface area (Å²) in [5, 5.41) is 0.506. The first kappa shape index (κ1) is 12.1. The third-order valence-electron chi connectivity index (χ3n) is 2.57. The molecule has 0 atom stereocenters. The van der Waals surface area contributed by atoms with E-state index in [4.69, 9.17) is 11.6 Å². The molecule has 2 rings (SSSR count). The Bertz CT molecular complexity index is 530. The Hall–Kier alpha value is -1.41. The smallest absolute Gasteiger partial charge is 0.133 e. The second-order valence-corrected chi connectivity index (χ2v) is 4.61. The highest BCUT2D eigenvalue weighted by Gasteiger charge is 2.05. The lowest BCUT2D eigenvalue weighted by Crippen LogP contribution is -1.96. The van der Waals surface area contributed by atoms with Crippen LogP contribution in [-0.4, -0.2) is 9.97 Å². The van der Waals surface area contributed by atoms with Crippen molar-refractivity contribution in [3.8, 4) is 11.3 Å². The van der Waals surface area contributed by atoms with E-state index in [1.165, 1.54) is 11.1 Å². The first-order valence-corrected chi connectivity index (χ1v) is 6.08. The molecule has 0 amide bonds. The highest BCUT2D eigenvalue weighted by Crippen LogP contribution is 2.22. The van der Waals surface area contributed by atoms with Gasteiger partial charge in [0.25, 0.3) is 0 Å². The maximum absolute atomic E-state index is 6.01. The fourth-order valence-electron chi connectivity index (χ4n) is 1.89. The molecule has 1 heterocycles. The van der Waals surface area contributed by atoms with E-state index in [2.05, 4.69) is 42.0 Å². The molecule has 2 nitrogen and oxygen atoms in total. The van der Waals surface area contributed by atoms with Crippen LogP contribution in [0.3, 0.4) is 0 Å². The van der Waals surface area contributed by atoms with E-state index in [0.29, 0.717) is 5.15 Å². The standard InChI is InChI=1S/C14H15ClN2/c1-4-14-16-12(8-13(15)17-14)11-6-9(2)5-10(3)7-11/h5-8H,4H2,1-3H3. The first-order chi connectivity index (χ1) is 8.08. The summed E-state index contributed by atoms with van der Waals surface area (Å²) in [4.78, 5) is 8.69. The van der Waals surface area contributed by atoms with Gasteiger partial charge in [-0.05, 0) is 26.0 Å². The lowest BCUT2D eigenvalue weighted by atomic mass is 10.0. The monoisotopic (exact) mass is 246 g/mol. The quantitative estimate of drug-likeness (QED) is 0.750. The SMILES string of the molecule is CCc1nc(Cl)cc(-c2cc(C)cc(C)c2)n1. The summed E-state index contributed by atoms with van der Waals surface area (Å²) in [5.74, 6) is 0.784. The van der Waals surface area contributed by atoms with Crippen molar-refractivity contribution in [3.05, 3.63) is 46.4 Å². The fourth-order valence-corrected chi connectivity index (χ4v) is 2.09. The Morgan fingerprint density at radius 2 is 1.65 bits per heavy atom. The third kappa shape index (κ3) is 2.83. The minimum atomic E-state index is 0.506. The summed E-state index contributed by atoms with van der Waals surface area (Å²) in [6.07, 6.45) is 0.790. The van der Waals surface area contributed by atoms with Crippen LogP contribution in [0.2, 0.25) is 5.15 Å². The van der Waals surface area contributed by atoms with Crippen LogP contribution in [0.4, 0.5) is 0 Å². The topological polar surface area (TPSA) is 25.8 Å². The van der Waals surface area contributed by atoms with Crippen molar-refractivity contribution in [2.45, 2.75) is 27.2 Å². The molecule has 0 N–H and O–H groups in total. The highest BCUT2D eigenvalue weighted by molar-refractivity contribution is 6.29. The Morgan fingerprint density at radius 3 is 2.24 bits per heavy atom. The second-order valence-electron chi connectivity index (χ2n) is 4.22.